The number of rotatable bonds is 2. The SMILES string of the molecule is CCc1nc2cc(N)cnc2n1C1CCCC1. The van der Waals surface area contributed by atoms with Gasteiger partial charge < -0.3 is 10.3 Å². The van der Waals surface area contributed by atoms with Crippen LogP contribution in [0.1, 0.15) is 44.5 Å². The van der Waals surface area contributed by atoms with Crippen LogP contribution in [0.3, 0.4) is 0 Å². The largest absolute Gasteiger partial charge is 0.397 e. The van der Waals surface area contributed by atoms with Gasteiger partial charge in [0.25, 0.3) is 0 Å². The van der Waals surface area contributed by atoms with Crippen LogP contribution in [0, 0.1) is 0 Å². The fourth-order valence-corrected chi connectivity index (χ4v) is 2.84. The van der Waals surface area contributed by atoms with E-state index in [1.54, 1.807) is 6.20 Å². The van der Waals surface area contributed by atoms with Crippen LogP contribution in [0.4, 0.5) is 5.69 Å². The zero-order chi connectivity index (χ0) is 11.8. The van der Waals surface area contributed by atoms with Crippen molar-refractivity contribution in [2.75, 3.05) is 5.73 Å². The molecule has 4 nitrogen and oxygen atoms in total. The van der Waals surface area contributed by atoms with E-state index in [2.05, 4.69) is 21.5 Å². The monoisotopic (exact) mass is 230 g/mol. The highest BCUT2D eigenvalue weighted by atomic mass is 15.2. The molecule has 2 N–H and O–H groups in total. The first-order valence-corrected chi connectivity index (χ1v) is 6.42. The maximum Gasteiger partial charge on any atom is 0.160 e. The number of pyridine rings is 1. The fraction of sp³-hybridized carbons (Fsp3) is 0.538. The van der Waals surface area contributed by atoms with Crippen molar-refractivity contribution in [2.45, 2.75) is 45.1 Å². The summed E-state index contributed by atoms with van der Waals surface area (Å²) in [5.41, 5.74) is 8.40. The van der Waals surface area contributed by atoms with Gasteiger partial charge in [-0.25, -0.2) is 9.97 Å². The number of hydrogen-bond donors (Lipinski definition) is 1. The first-order chi connectivity index (χ1) is 8.29. The summed E-state index contributed by atoms with van der Waals surface area (Å²) in [7, 11) is 0. The number of anilines is 1. The minimum absolute atomic E-state index is 0.589. The molecule has 17 heavy (non-hydrogen) atoms. The van der Waals surface area contributed by atoms with Crippen molar-refractivity contribution >= 4 is 16.9 Å². The van der Waals surface area contributed by atoms with Crippen LogP contribution in [0.15, 0.2) is 12.3 Å². The highest BCUT2D eigenvalue weighted by Crippen LogP contribution is 2.33. The summed E-state index contributed by atoms with van der Waals surface area (Å²) >= 11 is 0. The normalized spacial score (nSPS) is 17.0. The van der Waals surface area contributed by atoms with Gasteiger partial charge in [0.1, 0.15) is 11.3 Å². The van der Waals surface area contributed by atoms with Crippen LogP contribution in [0.5, 0.6) is 0 Å². The fourth-order valence-electron chi connectivity index (χ4n) is 2.84. The lowest BCUT2D eigenvalue weighted by atomic mass is 10.2. The second-order valence-electron chi connectivity index (χ2n) is 4.80. The van der Waals surface area contributed by atoms with E-state index in [0.717, 1.165) is 23.4 Å². The number of aromatic nitrogens is 3. The Balaban J connectivity index is 2.19. The summed E-state index contributed by atoms with van der Waals surface area (Å²) in [6, 6.07) is 2.51. The Morgan fingerprint density at radius 1 is 1.41 bits per heavy atom. The van der Waals surface area contributed by atoms with E-state index in [4.69, 9.17) is 5.73 Å². The molecule has 0 unspecified atom stereocenters. The number of imidazole rings is 1. The van der Waals surface area contributed by atoms with Gasteiger partial charge in [-0.05, 0) is 18.9 Å². The molecule has 3 rings (SSSR count). The van der Waals surface area contributed by atoms with Gasteiger partial charge in [0, 0.05) is 12.5 Å². The third-order valence-corrected chi connectivity index (χ3v) is 3.63. The van der Waals surface area contributed by atoms with E-state index < -0.39 is 0 Å². The second kappa shape index (κ2) is 4.02. The summed E-state index contributed by atoms with van der Waals surface area (Å²) in [5, 5.41) is 0. The van der Waals surface area contributed by atoms with Crippen LogP contribution in [0.2, 0.25) is 0 Å². The average Bonchev–Trinajstić information content (AvgIpc) is 2.93. The number of nitrogens with two attached hydrogens (primary N) is 1. The number of hydrogen-bond acceptors (Lipinski definition) is 3. The third kappa shape index (κ3) is 1.68. The molecule has 0 amide bonds. The maximum absolute atomic E-state index is 5.77. The molecule has 2 aromatic rings. The van der Waals surface area contributed by atoms with Crippen molar-refractivity contribution in [2.24, 2.45) is 0 Å². The predicted octanol–water partition coefficient (Wildman–Crippen LogP) is 2.69. The van der Waals surface area contributed by atoms with Gasteiger partial charge in [-0.1, -0.05) is 19.8 Å². The molecule has 4 heteroatoms. The third-order valence-electron chi connectivity index (χ3n) is 3.63. The second-order valence-corrected chi connectivity index (χ2v) is 4.80. The molecule has 0 saturated heterocycles. The van der Waals surface area contributed by atoms with Crippen molar-refractivity contribution in [3.8, 4) is 0 Å². The number of nitrogen functional groups attached to an aromatic ring is 1. The Morgan fingerprint density at radius 2 is 2.18 bits per heavy atom. The molecule has 0 aliphatic heterocycles. The quantitative estimate of drug-likeness (QED) is 0.863. The van der Waals surface area contributed by atoms with Crippen LogP contribution in [-0.2, 0) is 6.42 Å². The summed E-state index contributed by atoms with van der Waals surface area (Å²) in [6.07, 6.45) is 7.83. The Bertz CT molecular complexity index is 538. The Morgan fingerprint density at radius 3 is 2.88 bits per heavy atom. The van der Waals surface area contributed by atoms with Gasteiger partial charge in [-0.2, -0.15) is 0 Å². The van der Waals surface area contributed by atoms with Gasteiger partial charge in [0.05, 0.1) is 11.9 Å². The van der Waals surface area contributed by atoms with E-state index in [0.29, 0.717) is 11.7 Å². The molecule has 1 fully saturated rings. The molecule has 90 valence electrons. The van der Waals surface area contributed by atoms with Crippen molar-refractivity contribution < 1.29 is 0 Å². The average molecular weight is 230 g/mol. The molecule has 0 spiro atoms. The lowest BCUT2D eigenvalue weighted by Crippen LogP contribution is -2.09. The number of nitrogens with zero attached hydrogens (tertiary/aromatic N) is 3. The first kappa shape index (κ1) is 10.6. The lowest BCUT2D eigenvalue weighted by molar-refractivity contribution is 0.510. The standard InChI is InChI=1S/C13H18N4/c1-2-12-16-11-7-9(14)8-15-13(11)17(12)10-5-3-4-6-10/h7-8,10H,2-6,14H2,1H3. The van der Waals surface area contributed by atoms with E-state index in [1.165, 1.54) is 25.7 Å². The molecule has 0 atom stereocenters. The zero-order valence-electron chi connectivity index (χ0n) is 10.2. The smallest absolute Gasteiger partial charge is 0.160 e. The van der Waals surface area contributed by atoms with Crippen molar-refractivity contribution in [3.63, 3.8) is 0 Å². The van der Waals surface area contributed by atoms with Crippen molar-refractivity contribution in [1.82, 2.24) is 14.5 Å². The minimum atomic E-state index is 0.589. The van der Waals surface area contributed by atoms with E-state index in [1.807, 2.05) is 6.07 Å². The number of aryl methyl sites for hydroxylation is 1. The molecule has 2 aromatic heterocycles. The van der Waals surface area contributed by atoms with Crippen LogP contribution < -0.4 is 5.73 Å². The van der Waals surface area contributed by atoms with Gasteiger partial charge in [0.2, 0.25) is 0 Å². The molecule has 0 radical (unpaired) electrons. The van der Waals surface area contributed by atoms with Crippen LogP contribution in [0.25, 0.3) is 11.2 Å². The van der Waals surface area contributed by atoms with E-state index >= 15 is 0 Å². The first-order valence-electron chi connectivity index (χ1n) is 6.42. The Hall–Kier alpha value is -1.58. The molecule has 1 aliphatic carbocycles. The van der Waals surface area contributed by atoms with E-state index in [-0.39, 0.29) is 0 Å². The summed E-state index contributed by atoms with van der Waals surface area (Å²) in [5.74, 6) is 1.14. The number of fused-ring (bicyclic) bond motifs is 1. The Labute approximate surface area is 101 Å². The predicted molar refractivity (Wildman–Crippen MR) is 68.8 cm³/mol. The van der Waals surface area contributed by atoms with Crippen molar-refractivity contribution in [1.29, 1.82) is 0 Å². The molecule has 1 saturated carbocycles. The Kier molecular flexibility index (Phi) is 2.50. The molecular weight excluding hydrogens is 212 g/mol. The van der Waals surface area contributed by atoms with E-state index in [9.17, 15) is 0 Å². The minimum Gasteiger partial charge on any atom is -0.397 e. The van der Waals surface area contributed by atoms with Crippen LogP contribution in [-0.4, -0.2) is 14.5 Å². The summed E-state index contributed by atoms with van der Waals surface area (Å²) in [6.45, 7) is 2.15. The highest BCUT2D eigenvalue weighted by molar-refractivity contribution is 5.75. The molecule has 0 bridgehead atoms. The zero-order valence-corrected chi connectivity index (χ0v) is 10.2. The van der Waals surface area contributed by atoms with Gasteiger partial charge in [-0.15, -0.1) is 0 Å². The van der Waals surface area contributed by atoms with Gasteiger partial charge in [-0.3, -0.25) is 0 Å². The molecule has 0 aromatic carbocycles. The maximum atomic E-state index is 5.77. The summed E-state index contributed by atoms with van der Waals surface area (Å²) in [4.78, 5) is 9.13. The van der Waals surface area contributed by atoms with Crippen molar-refractivity contribution in [3.05, 3.63) is 18.1 Å². The van der Waals surface area contributed by atoms with Gasteiger partial charge in [0.15, 0.2) is 5.65 Å². The molecule has 1 aliphatic rings. The molecular formula is C13H18N4. The van der Waals surface area contributed by atoms with Gasteiger partial charge >= 0.3 is 0 Å². The lowest BCUT2D eigenvalue weighted by Gasteiger charge is -2.14. The van der Waals surface area contributed by atoms with Crippen LogP contribution >= 0.6 is 0 Å². The topological polar surface area (TPSA) is 56.7 Å². The molecule has 2 heterocycles. The highest BCUT2D eigenvalue weighted by Gasteiger charge is 2.22. The summed E-state index contributed by atoms with van der Waals surface area (Å²) < 4.78 is 2.34.